The van der Waals surface area contributed by atoms with Crippen LogP contribution in [0.1, 0.15) is 18.0 Å². The number of hydrogen-bond acceptors (Lipinski definition) is 2. The normalized spacial score (nSPS) is 18.9. The van der Waals surface area contributed by atoms with Gasteiger partial charge in [0.2, 0.25) is 5.91 Å². The van der Waals surface area contributed by atoms with Gasteiger partial charge in [0.15, 0.2) is 0 Å². The van der Waals surface area contributed by atoms with E-state index in [1.54, 1.807) is 17.1 Å². The number of carbonyl (C=O) groups excluding carboxylic acids is 1. The molecule has 3 rings (SSSR count). The van der Waals surface area contributed by atoms with E-state index in [9.17, 15) is 4.79 Å². The second-order valence-corrected chi connectivity index (χ2v) is 4.94. The van der Waals surface area contributed by atoms with Crippen LogP contribution in [0.25, 0.3) is 0 Å². The second kappa shape index (κ2) is 5.03. The fourth-order valence-corrected chi connectivity index (χ4v) is 2.44. The van der Waals surface area contributed by atoms with Crippen molar-refractivity contribution in [3.63, 3.8) is 0 Å². The van der Waals surface area contributed by atoms with E-state index in [-0.39, 0.29) is 11.9 Å². The summed E-state index contributed by atoms with van der Waals surface area (Å²) in [7, 11) is 0. The molecule has 2 aromatic rings. The Kier molecular flexibility index (Phi) is 3.23. The lowest BCUT2D eigenvalue weighted by atomic mass is 10.1. The maximum absolute atomic E-state index is 12.1. The third-order valence-electron chi connectivity index (χ3n) is 3.18. The van der Waals surface area contributed by atoms with Crippen molar-refractivity contribution in [2.75, 3.05) is 5.01 Å². The molecule has 1 aliphatic rings. The molecule has 1 N–H and O–H groups in total. The van der Waals surface area contributed by atoms with Crippen molar-refractivity contribution in [2.24, 2.45) is 0 Å². The van der Waals surface area contributed by atoms with E-state index in [0.29, 0.717) is 11.4 Å². The predicted molar refractivity (Wildman–Crippen MR) is 75.9 cm³/mol. The summed E-state index contributed by atoms with van der Waals surface area (Å²) in [5, 5.41) is 2.19. The molecule has 1 unspecified atom stereocenters. The minimum Gasteiger partial charge on any atom is -0.273 e. The Balaban J connectivity index is 1.85. The van der Waals surface area contributed by atoms with Crippen LogP contribution in [0.5, 0.6) is 0 Å². The van der Waals surface area contributed by atoms with Crippen LogP contribution in [0.15, 0.2) is 54.6 Å². The highest BCUT2D eigenvalue weighted by atomic mass is 35.5. The van der Waals surface area contributed by atoms with Crippen molar-refractivity contribution in [3.8, 4) is 0 Å². The van der Waals surface area contributed by atoms with Crippen molar-refractivity contribution in [2.45, 2.75) is 12.5 Å². The molecule has 0 radical (unpaired) electrons. The van der Waals surface area contributed by atoms with Gasteiger partial charge in [0.25, 0.3) is 0 Å². The molecule has 0 saturated carbocycles. The van der Waals surface area contributed by atoms with Gasteiger partial charge in [-0.15, -0.1) is 0 Å². The molecule has 19 heavy (non-hydrogen) atoms. The van der Waals surface area contributed by atoms with Crippen molar-refractivity contribution in [1.82, 2.24) is 5.43 Å². The van der Waals surface area contributed by atoms with Crippen molar-refractivity contribution >= 4 is 23.2 Å². The topological polar surface area (TPSA) is 32.3 Å². The van der Waals surface area contributed by atoms with Gasteiger partial charge < -0.3 is 0 Å². The summed E-state index contributed by atoms with van der Waals surface area (Å²) in [6, 6.07) is 17.3. The molecule has 3 nitrogen and oxygen atoms in total. The van der Waals surface area contributed by atoms with Crippen LogP contribution in [0.2, 0.25) is 5.02 Å². The van der Waals surface area contributed by atoms with Crippen LogP contribution in [0.3, 0.4) is 0 Å². The highest BCUT2D eigenvalue weighted by Gasteiger charge is 2.31. The number of hydrogen-bond donors (Lipinski definition) is 1. The molecule has 2 aromatic carbocycles. The van der Waals surface area contributed by atoms with Gasteiger partial charge >= 0.3 is 0 Å². The molecular formula is C15H13ClN2O. The van der Waals surface area contributed by atoms with Gasteiger partial charge in [-0.2, -0.15) is 0 Å². The monoisotopic (exact) mass is 272 g/mol. The molecule has 1 amide bonds. The SMILES string of the molecule is O=C1CC(c2ccccc2)NN1c1cccc(Cl)c1. The highest BCUT2D eigenvalue weighted by Crippen LogP contribution is 2.28. The standard InChI is InChI=1S/C15H13ClN2O/c16-12-7-4-8-13(9-12)18-15(19)10-14(17-18)11-5-2-1-3-6-11/h1-9,14,17H,10H2. The number of halogens is 1. The third kappa shape index (κ3) is 2.48. The Labute approximate surface area is 116 Å². The third-order valence-corrected chi connectivity index (χ3v) is 3.42. The van der Waals surface area contributed by atoms with E-state index in [4.69, 9.17) is 11.6 Å². The van der Waals surface area contributed by atoms with Crippen LogP contribution in [-0.4, -0.2) is 5.91 Å². The van der Waals surface area contributed by atoms with Crippen LogP contribution >= 0.6 is 11.6 Å². The molecule has 1 aliphatic heterocycles. The number of anilines is 1. The Hall–Kier alpha value is -1.84. The minimum absolute atomic E-state index is 0.0210. The van der Waals surface area contributed by atoms with Gasteiger partial charge in [-0.3, -0.25) is 4.79 Å². The van der Waals surface area contributed by atoms with Crippen LogP contribution in [-0.2, 0) is 4.79 Å². The Morgan fingerprint density at radius 2 is 1.89 bits per heavy atom. The lowest BCUT2D eigenvalue weighted by molar-refractivity contribution is -0.117. The van der Waals surface area contributed by atoms with E-state index >= 15 is 0 Å². The number of nitrogens with one attached hydrogen (secondary N) is 1. The molecule has 0 spiro atoms. The van der Waals surface area contributed by atoms with Gasteiger partial charge in [-0.1, -0.05) is 48.0 Å². The summed E-state index contributed by atoms with van der Waals surface area (Å²) in [5.41, 5.74) is 5.11. The summed E-state index contributed by atoms with van der Waals surface area (Å²) in [4.78, 5) is 12.1. The Morgan fingerprint density at radius 3 is 2.63 bits per heavy atom. The maximum atomic E-state index is 12.1. The van der Waals surface area contributed by atoms with Gasteiger partial charge in [0.1, 0.15) is 0 Å². The number of nitrogens with zero attached hydrogens (tertiary/aromatic N) is 1. The summed E-state index contributed by atoms with van der Waals surface area (Å²) < 4.78 is 0. The van der Waals surface area contributed by atoms with Crippen molar-refractivity contribution < 1.29 is 4.79 Å². The summed E-state index contributed by atoms with van der Waals surface area (Å²) >= 11 is 5.96. The zero-order valence-corrected chi connectivity index (χ0v) is 11.0. The maximum Gasteiger partial charge on any atom is 0.243 e. The largest absolute Gasteiger partial charge is 0.273 e. The second-order valence-electron chi connectivity index (χ2n) is 4.51. The van der Waals surface area contributed by atoms with Crippen LogP contribution < -0.4 is 10.4 Å². The van der Waals surface area contributed by atoms with Gasteiger partial charge in [0.05, 0.1) is 11.7 Å². The number of amides is 1. The molecule has 1 fully saturated rings. The van der Waals surface area contributed by atoms with Crippen LogP contribution in [0.4, 0.5) is 5.69 Å². The minimum atomic E-state index is 0.0210. The van der Waals surface area contributed by atoms with Crippen molar-refractivity contribution in [1.29, 1.82) is 0 Å². The smallest absolute Gasteiger partial charge is 0.243 e. The molecule has 0 bridgehead atoms. The van der Waals surface area contributed by atoms with Gasteiger partial charge in [0, 0.05) is 11.4 Å². The molecule has 1 heterocycles. The average molecular weight is 273 g/mol. The number of hydrazine groups is 1. The van der Waals surface area contributed by atoms with E-state index in [2.05, 4.69) is 5.43 Å². The highest BCUT2D eigenvalue weighted by molar-refractivity contribution is 6.30. The van der Waals surface area contributed by atoms with E-state index in [1.807, 2.05) is 42.5 Å². The van der Waals surface area contributed by atoms with Gasteiger partial charge in [-0.05, 0) is 23.8 Å². The van der Waals surface area contributed by atoms with Gasteiger partial charge in [-0.25, -0.2) is 10.4 Å². The van der Waals surface area contributed by atoms with E-state index < -0.39 is 0 Å². The molecule has 4 heteroatoms. The van der Waals surface area contributed by atoms with E-state index in [1.165, 1.54) is 0 Å². The molecule has 1 saturated heterocycles. The molecule has 1 atom stereocenters. The summed E-state index contributed by atoms with van der Waals surface area (Å²) in [5.74, 6) is 0.0520. The first kappa shape index (κ1) is 12.2. The average Bonchev–Trinajstić information content (AvgIpc) is 2.82. The fraction of sp³-hybridized carbons (Fsp3) is 0.133. The lowest BCUT2D eigenvalue weighted by Gasteiger charge is -2.18. The Morgan fingerprint density at radius 1 is 1.11 bits per heavy atom. The zero-order chi connectivity index (χ0) is 13.2. The number of benzene rings is 2. The first-order valence-electron chi connectivity index (χ1n) is 6.14. The summed E-state index contributed by atoms with van der Waals surface area (Å²) in [6.07, 6.45) is 0.455. The number of rotatable bonds is 2. The quantitative estimate of drug-likeness (QED) is 0.910. The zero-order valence-electron chi connectivity index (χ0n) is 10.2. The van der Waals surface area contributed by atoms with Crippen molar-refractivity contribution in [3.05, 3.63) is 65.2 Å². The molecule has 0 aromatic heterocycles. The fourth-order valence-electron chi connectivity index (χ4n) is 2.25. The van der Waals surface area contributed by atoms with E-state index in [0.717, 1.165) is 11.3 Å². The molecule has 0 aliphatic carbocycles. The van der Waals surface area contributed by atoms with Crippen LogP contribution in [0, 0.1) is 0 Å². The molecular weight excluding hydrogens is 260 g/mol. The summed E-state index contributed by atoms with van der Waals surface area (Å²) in [6.45, 7) is 0. The lowest BCUT2D eigenvalue weighted by Crippen LogP contribution is -2.35. The predicted octanol–water partition coefficient (Wildman–Crippen LogP) is 3.32. The Bertz CT molecular complexity index is 600. The number of carbonyl (C=O) groups is 1. The molecule has 96 valence electrons. The first-order chi connectivity index (χ1) is 9.24. The first-order valence-corrected chi connectivity index (χ1v) is 6.51.